The van der Waals surface area contributed by atoms with Gasteiger partial charge in [0.2, 0.25) is 0 Å². The smallest absolute Gasteiger partial charge is 0.309 e. The first kappa shape index (κ1) is 14.9. The second-order valence-electron chi connectivity index (χ2n) is 4.90. The molecular formula is C15H24O3. The van der Waals surface area contributed by atoms with Gasteiger partial charge in [-0.05, 0) is 12.8 Å². The van der Waals surface area contributed by atoms with Crippen LogP contribution >= 0.6 is 0 Å². The van der Waals surface area contributed by atoms with Crippen LogP contribution < -0.4 is 0 Å². The van der Waals surface area contributed by atoms with Crippen molar-refractivity contribution in [1.29, 1.82) is 0 Å². The Morgan fingerprint density at radius 1 is 1.33 bits per heavy atom. The number of ether oxygens (including phenoxy) is 1. The Labute approximate surface area is 110 Å². The van der Waals surface area contributed by atoms with Crippen LogP contribution in [0.3, 0.4) is 0 Å². The van der Waals surface area contributed by atoms with Crippen LogP contribution in [-0.4, -0.2) is 18.4 Å². The van der Waals surface area contributed by atoms with Crippen LogP contribution in [0.5, 0.6) is 0 Å². The summed E-state index contributed by atoms with van der Waals surface area (Å²) in [6.07, 6.45) is 7.80. The lowest BCUT2D eigenvalue weighted by molar-refractivity contribution is -0.142. The molecule has 1 atom stereocenters. The maximum absolute atomic E-state index is 11.8. The third kappa shape index (κ3) is 4.63. The summed E-state index contributed by atoms with van der Waals surface area (Å²) in [6, 6.07) is 0. The van der Waals surface area contributed by atoms with Crippen LogP contribution in [0, 0.1) is 5.92 Å². The molecule has 1 aliphatic carbocycles. The Hall–Kier alpha value is -1.12. The van der Waals surface area contributed by atoms with Crippen LogP contribution in [0.2, 0.25) is 0 Å². The number of Topliss-reactive ketones (excluding diaryl/α,β-unsaturated/α-hetero) is 1. The van der Waals surface area contributed by atoms with Gasteiger partial charge in [0.25, 0.3) is 0 Å². The van der Waals surface area contributed by atoms with E-state index in [4.69, 9.17) is 4.74 Å². The molecule has 0 fully saturated rings. The van der Waals surface area contributed by atoms with Gasteiger partial charge in [0.05, 0.1) is 13.0 Å². The number of carbonyl (C=O) groups excluding carboxylic acids is 2. The van der Waals surface area contributed by atoms with E-state index >= 15 is 0 Å². The lowest BCUT2D eigenvalue weighted by atomic mass is 9.92. The SMILES string of the molecule is CCCCCC1C(=O)CC=C1CC(=O)OCCC. The normalized spacial score (nSPS) is 18.9. The van der Waals surface area contributed by atoms with Crippen molar-refractivity contribution in [3.05, 3.63) is 11.6 Å². The monoisotopic (exact) mass is 252 g/mol. The topological polar surface area (TPSA) is 43.4 Å². The standard InChI is InChI=1S/C15H24O3/c1-3-5-6-7-13-12(8-9-14(13)16)11-15(17)18-10-4-2/h8,13H,3-7,9-11H2,1-2H3. The van der Waals surface area contributed by atoms with Crippen molar-refractivity contribution in [2.75, 3.05) is 6.61 Å². The van der Waals surface area contributed by atoms with Crippen LogP contribution in [0.15, 0.2) is 11.6 Å². The molecule has 0 aromatic heterocycles. The van der Waals surface area contributed by atoms with Gasteiger partial charge in [-0.25, -0.2) is 0 Å². The van der Waals surface area contributed by atoms with E-state index in [9.17, 15) is 9.59 Å². The second-order valence-corrected chi connectivity index (χ2v) is 4.90. The summed E-state index contributed by atoms with van der Waals surface area (Å²) >= 11 is 0. The van der Waals surface area contributed by atoms with Gasteiger partial charge in [-0.3, -0.25) is 9.59 Å². The highest BCUT2D eigenvalue weighted by Gasteiger charge is 2.28. The number of unbranched alkanes of at least 4 members (excludes halogenated alkanes) is 2. The van der Waals surface area contributed by atoms with Gasteiger partial charge < -0.3 is 4.74 Å². The molecule has 1 unspecified atom stereocenters. The molecule has 102 valence electrons. The summed E-state index contributed by atoms with van der Waals surface area (Å²) in [5.41, 5.74) is 0.984. The zero-order valence-electron chi connectivity index (χ0n) is 11.5. The highest BCUT2D eigenvalue weighted by Crippen LogP contribution is 2.30. The lowest BCUT2D eigenvalue weighted by Gasteiger charge is -2.13. The van der Waals surface area contributed by atoms with Gasteiger partial charge in [0.1, 0.15) is 5.78 Å². The first-order valence-corrected chi connectivity index (χ1v) is 7.06. The molecule has 3 heteroatoms. The summed E-state index contributed by atoms with van der Waals surface area (Å²) in [6.45, 7) is 4.59. The Balaban J connectivity index is 2.42. The third-order valence-corrected chi connectivity index (χ3v) is 3.31. The molecule has 0 spiro atoms. The summed E-state index contributed by atoms with van der Waals surface area (Å²) in [4.78, 5) is 23.3. The van der Waals surface area contributed by atoms with Crippen molar-refractivity contribution in [1.82, 2.24) is 0 Å². The highest BCUT2D eigenvalue weighted by atomic mass is 16.5. The Morgan fingerprint density at radius 2 is 2.11 bits per heavy atom. The first-order valence-electron chi connectivity index (χ1n) is 7.06. The number of esters is 1. The minimum Gasteiger partial charge on any atom is -0.465 e. The zero-order valence-corrected chi connectivity index (χ0v) is 11.5. The molecule has 0 aliphatic heterocycles. The van der Waals surface area contributed by atoms with E-state index in [0.29, 0.717) is 19.4 Å². The Kier molecular flexibility index (Phi) is 6.69. The van der Waals surface area contributed by atoms with Crippen LogP contribution in [0.4, 0.5) is 0 Å². The molecule has 0 saturated carbocycles. The molecule has 0 saturated heterocycles. The highest BCUT2D eigenvalue weighted by molar-refractivity contribution is 5.90. The van der Waals surface area contributed by atoms with Gasteiger partial charge in [0.15, 0.2) is 0 Å². The van der Waals surface area contributed by atoms with Crippen molar-refractivity contribution in [2.24, 2.45) is 5.92 Å². The van der Waals surface area contributed by atoms with E-state index in [1.54, 1.807) is 0 Å². The van der Waals surface area contributed by atoms with Gasteiger partial charge >= 0.3 is 5.97 Å². The predicted octanol–water partition coefficient (Wildman–Crippen LogP) is 3.43. The van der Waals surface area contributed by atoms with E-state index in [0.717, 1.165) is 37.7 Å². The number of hydrogen-bond donors (Lipinski definition) is 0. The van der Waals surface area contributed by atoms with Crippen LogP contribution in [-0.2, 0) is 14.3 Å². The van der Waals surface area contributed by atoms with Crippen molar-refractivity contribution in [3.8, 4) is 0 Å². The van der Waals surface area contributed by atoms with E-state index in [-0.39, 0.29) is 17.7 Å². The van der Waals surface area contributed by atoms with Crippen molar-refractivity contribution >= 4 is 11.8 Å². The van der Waals surface area contributed by atoms with Crippen LogP contribution in [0.25, 0.3) is 0 Å². The number of ketones is 1. The minimum atomic E-state index is -0.196. The summed E-state index contributed by atoms with van der Waals surface area (Å²) in [5.74, 6) is 0.0495. The van der Waals surface area contributed by atoms with Gasteiger partial charge in [-0.2, -0.15) is 0 Å². The van der Waals surface area contributed by atoms with E-state index in [1.807, 2.05) is 13.0 Å². The van der Waals surface area contributed by atoms with Gasteiger partial charge in [-0.15, -0.1) is 0 Å². The molecule has 0 aromatic carbocycles. The van der Waals surface area contributed by atoms with E-state index in [2.05, 4.69) is 6.92 Å². The molecule has 0 heterocycles. The predicted molar refractivity (Wildman–Crippen MR) is 71.2 cm³/mol. The number of carbonyl (C=O) groups is 2. The van der Waals surface area contributed by atoms with Crippen molar-refractivity contribution in [2.45, 2.75) is 58.8 Å². The Morgan fingerprint density at radius 3 is 2.78 bits per heavy atom. The molecule has 18 heavy (non-hydrogen) atoms. The van der Waals surface area contributed by atoms with Crippen LogP contribution in [0.1, 0.15) is 58.8 Å². The fraction of sp³-hybridized carbons (Fsp3) is 0.733. The summed E-state index contributed by atoms with van der Waals surface area (Å²) in [5, 5.41) is 0. The maximum Gasteiger partial charge on any atom is 0.309 e. The fourth-order valence-corrected chi connectivity index (χ4v) is 2.30. The number of rotatable bonds is 8. The molecule has 0 radical (unpaired) electrons. The molecule has 0 amide bonds. The van der Waals surface area contributed by atoms with Crippen molar-refractivity contribution < 1.29 is 14.3 Å². The quantitative estimate of drug-likeness (QED) is 0.377. The molecule has 1 aliphatic rings. The van der Waals surface area contributed by atoms with E-state index < -0.39 is 0 Å². The second kappa shape index (κ2) is 8.06. The number of hydrogen-bond acceptors (Lipinski definition) is 3. The van der Waals surface area contributed by atoms with E-state index in [1.165, 1.54) is 0 Å². The zero-order chi connectivity index (χ0) is 13.4. The maximum atomic E-state index is 11.8. The number of allylic oxidation sites excluding steroid dienone is 1. The summed E-state index contributed by atoms with van der Waals surface area (Å²) < 4.78 is 5.07. The average molecular weight is 252 g/mol. The molecule has 3 nitrogen and oxygen atoms in total. The largest absolute Gasteiger partial charge is 0.465 e. The van der Waals surface area contributed by atoms with Gasteiger partial charge in [0, 0.05) is 12.3 Å². The lowest BCUT2D eigenvalue weighted by Crippen LogP contribution is -2.14. The summed E-state index contributed by atoms with van der Waals surface area (Å²) in [7, 11) is 0. The molecule has 0 bridgehead atoms. The van der Waals surface area contributed by atoms with Crippen molar-refractivity contribution in [3.63, 3.8) is 0 Å². The molecular weight excluding hydrogens is 228 g/mol. The molecule has 1 rings (SSSR count). The first-order chi connectivity index (χ1) is 8.69. The average Bonchev–Trinajstić information content (AvgIpc) is 2.69. The fourth-order valence-electron chi connectivity index (χ4n) is 2.30. The minimum absolute atomic E-state index is 0.0225. The third-order valence-electron chi connectivity index (χ3n) is 3.31. The van der Waals surface area contributed by atoms with Gasteiger partial charge in [-0.1, -0.05) is 44.8 Å². The Bertz CT molecular complexity index is 318. The molecule has 0 aromatic rings. The molecule has 0 N–H and O–H groups in total.